The lowest BCUT2D eigenvalue weighted by molar-refractivity contribution is -0.0158. The lowest BCUT2D eigenvalue weighted by atomic mass is 9.95. The van der Waals surface area contributed by atoms with E-state index in [0.29, 0.717) is 12.2 Å². The maximum Gasteiger partial charge on any atom is 0.126 e. The molecule has 0 spiro atoms. The van der Waals surface area contributed by atoms with Gasteiger partial charge in [-0.05, 0) is 30.0 Å². The standard InChI is InChI=1S/C13H16F2O2/c1-8-2-3-17-13(8)12(16)6-9-4-10(14)7-11(15)5-9/h4-5,7-8,12-13,16H,2-3,6H2,1H3. The number of rotatable bonds is 3. The number of aliphatic hydroxyl groups is 1. The minimum Gasteiger partial charge on any atom is -0.390 e. The van der Waals surface area contributed by atoms with Crippen LogP contribution < -0.4 is 0 Å². The van der Waals surface area contributed by atoms with E-state index in [4.69, 9.17) is 4.74 Å². The van der Waals surface area contributed by atoms with Gasteiger partial charge in [0, 0.05) is 19.1 Å². The van der Waals surface area contributed by atoms with Gasteiger partial charge in [0.1, 0.15) is 11.6 Å². The predicted molar refractivity (Wildman–Crippen MR) is 59.6 cm³/mol. The van der Waals surface area contributed by atoms with E-state index in [1.165, 1.54) is 12.1 Å². The van der Waals surface area contributed by atoms with Crippen LogP contribution >= 0.6 is 0 Å². The summed E-state index contributed by atoms with van der Waals surface area (Å²) in [6.07, 6.45) is 0.179. The van der Waals surface area contributed by atoms with Gasteiger partial charge in [-0.2, -0.15) is 0 Å². The van der Waals surface area contributed by atoms with Gasteiger partial charge in [-0.1, -0.05) is 6.92 Å². The van der Waals surface area contributed by atoms with Crippen molar-refractivity contribution in [1.82, 2.24) is 0 Å². The molecule has 17 heavy (non-hydrogen) atoms. The molecule has 0 amide bonds. The van der Waals surface area contributed by atoms with Crippen molar-refractivity contribution in [3.05, 3.63) is 35.4 Å². The summed E-state index contributed by atoms with van der Waals surface area (Å²) in [4.78, 5) is 0. The molecule has 1 aliphatic rings. The van der Waals surface area contributed by atoms with Crippen LogP contribution in [-0.4, -0.2) is 23.9 Å². The smallest absolute Gasteiger partial charge is 0.126 e. The predicted octanol–water partition coefficient (Wildman–Crippen LogP) is 2.29. The van der Waals surface area contributed by atoms with Gasteiger partial charge in [-0.3, -0.25) is 0 Å². The molecule has 0 radical (unpaired) electrons. The van der Waals surface area contributed by atoms with E-state index in [2.05, 4.69) is 0 Å². The summed E-state index contributed by atoms with van der Waals surface area (Å²) in [7, 11) is 0. The van der Waals surface area contributed by atoms with Gasteiger partial charge in [0.25, 0.3) is 0 Å². The summed E-state index contributed by atoms with van der Waals surface area (Å²) in [6, 6.07) is 3.31. The van der Waals surface area contributed by atoms with Crippen LogP contribution in [0.2, 0.25) is 0 Å². The van der Waals surface area contributed by atoms with E-state index < -0.39 is 17.7 Å². The molecule has 0 aromatic heterocycles. The first-order chi connectivity index (χ1) is 8.06. The van der Waals surface area contributed by atoms with Gasteiger partial charge in [-0.15, -0.1) is 0 Å². The zero-order valence-electron chi connectivity index (χ0n) is 9.70. The summed E-state index contributed by atoms with van der Waals surface area (Å²) in [6.45, 7) is 2.65. The highest BCUT2D eigenvalue weighted by Crippen LogP contribution is 2.24. The molecule has 1 fully saturated rings. The van der Waals surface area contributed by atoms with Crippen LogP contribution in [0.5, 0.6) is 0 Å². The van der Waals surface area contributed by atoms with Crippen molar-refractivity contribution in [3.8, 4) is 0 Å². The Kier molecular flexibility index (Phi) is 3.74. The topological polar surface area (TPSA) is 29.5 Å². The monoisotopic (exact) mass is 242 g/mol. The normalized spacial score (nSPS) is 26.1. The number of aliphatic hydroxyl groups excluding tert-OH is 1. The Bertz CT molecular complexity index is 375. The molecular weight excluding hydrogens is 226 g/mol. The number of hydrogen-bond donors (Lipinski definition) is 1. The van der Waals surface area contributed by atoms with Crippen LogP contribution in [0.25, 0.3) is 0 Å². The average molecular weight is 242 g/mol. The number of benzene rings is 1. The molecule has 4 heteroatoms. The molecule has 1 aromatic carbocycles. The third-order valence-corrected chi connectivity index (χ3v) is 3.19. The maximum atomic E-state index is 13.0. The molecule has 1 heterocycles. The van der Waals surface area contributed by atoms with Crippen LogP contribution in [-0.2, 0) is 11.2 Å². The van der Waals surface area contributed by atoms with E-state index in [-0.39, 0.29) is 18.4 Å². The molecule has 94 valence electrons. The quantitative estimate of drug-likeness (QED) is 0.881. The van der Waals surface area contributed by atoms with E-state index >= 15 is 0 Å². The minimum absolute atomic E-state index is 0.212. The van der Waals surface area contributed by atoms with Crippen molar-refractivity contribution >= 4 is 0 Å². The number of hydrogen-bond acceptors (Lipinski definition) is 2. The number of halogens is 2. The molecule has 3 unspecified atom stereocenters. The van der Waals surface area contributed by atoms with E-state index in [0.717, 1.165) is 12.5 Å². The SMILES string of the molecule is CC1CCOC1C(O)Cc1cc(F)cc(F)c1. The van der Waals surface area contributed by atoms with Gasteiger partial charge >= 0.3 is 0 Å². The van der Waals surface area contributed by atoms with Crippen molar-refractivity contribution in [2.24, 2.45) is 5.92 Å². The van der Waals surface area contributed by atoms with Crippen molar-refractivity contribution in [2.45, 2.75) is 32.0 Å². The van der Waals surface area contributed by atoms with Crippen LogP contribution in [0, 0.1) is 17.6 Å². The lowest BCUT2D eigenvalue weighted by Crippen LogP contribution is -2.31. The summed E-state index contributed by atoms with van der Waals surface area (Å²) in [5.41, 5.74) is 0.456. The highest BCUT2D eigenvalue weighted by molar-refractivity contribution is 5.19. The Labute approximate surface area is 99.2 Å². The first-order valence-electron chi connectivity index (χ1n) is 5.81. The third kappa shape index (κ3) is 3.01. The summed E-state index contributed by atoms with van der Waals surface area (Å²) in [5.74, 6) is -0.955. The molecular formula is C13H16F2O2. The zero-order chi connectivity index (χ0) is 12.4. The molecule has 0 saturated carbocycles. The lowest BCUT2D eigenvalue weighted by Gasteiger charge is -2.21. The van der Waals surface area contributed by atoms with Crippen molar-refractivity contribution in [3.63, 3.8) is 0 Å². The van der Waals surface area contributed by atoms with E-state index in [9.17, 15) is 13.9 Å². The molecule has 1 saturated heterocycles. The van der Waals surface area contributed by atoms with Gasteiger partial charge in [0.15, 0.2) is 0 Å². The fraction of sp³-hybridized carbons (Fsp3) is 0.538. The minimum atomic E-state index is -0.714. The second-order valence-corrected chi connectivity index (χ2v) is 4.65. The van der Waals surface area contributed by atoms with Gasteiger partial charge in [-0.25, -0.2) is 8.78 Å². The fourth-order valence-electron chi connectivity index (χ4n) is 2.30. The maximum absolute atomic E-state index is 13.0. The molecule has 3 atom stereocenters. The summed E-state index contributed by atoms with van der Waals surface area (Å²) in [5, 5.41) is 9.98. The molecule has 1 N–H and O–H groups in total. The summed E-state index contributed by atoms with van der Waals surface area (Å²) >= 11 is 0. The molecule has 1 aliphatic heterocycles. The zero-order valence-corrected chi connectivity index (χ0v) is 9.70. The first kappa shape index (κ1) is 12.5. The Hall–Kier alpha value is -1.00. The largest absolute Gasteiger partial charge is 0.390 e. The van der Waals surface area contributed by atoms with Crippen molar-refractivity contribution in [1.29, 1.82) is 0 Å². The highest BCUT2D eigenvalue weighted by Gasteiger charge is 2.30. The van der Waals surface area contributed by atoms with Crippen molar-refractivity contribution < 1.29 is 18.6 Å². The highest BCUT2D eigenvalue weighted by atomic mass is 19.1. The van der Waals surface area contributed by atoms with Crippen LogP contribution in [0.15, 0.2) is 18.2 Å². The van der Waals surface area contributed by atoms with Gasteiger partial charge in [0.2, 0.25) is 0 Å². The average Bonchev–Trinajstić information content (AvgIpc) is 2.62. The van der Waals surface area contributed by atoms with Gasteiger partial charge in [0.05, 0.1) is 12.2 Å². The Morgan fingerprint density at radius 2 is 2.00 bits per heavy atom. The third-order valence-electron chi connectivity index (χ3n) is 3.19. The first-order valence-corrected chi connectivity index (χ1v) is 5.81. The fourth-order valence-corrected chi connectivity index (χ4v) is 2.30. The molecule has 0 bridgehead atoms. The summed E-state index contributed by atoms with van der Waals surface area (Å²) < 4.78 is 31.4. The molecule has 1 aromatic rings. The Morgan fingerprint density at radius 3 is 2.53 bits per heavy atom. The molecule has 2 rings (SSSR count). The van der Waals surface area contributed by atoms with Crippen molar-refractivity contribution in [2.75, 3.05) is 6.61 Å². The number of ether oxygens (including phenoxy) is 1. The second kappa shape index (κ2) is 5.10. The van der Waals surface area contributed by atoms with E-state index in [1.54, 1.807) is 0 Å². The Balaban J connectivity index is 2.04. The van der Waals surface area contributed by atoms with Gasteiger partial charge < -0.3 is 9.84 Å². The van der Waals surface area contributed by atoms with Crippen LogP contribution in [0.1, 0.15) is 18.9 Å². The molecule has 2 nitrogen and oxygen atoms in total. The van der Waals surface area contributed by atoms with Crippen LogP contribution in [0.4, 0.5) is 8.78 Å². The second-order valence-electron chi connectivity index (χ2n) is 4.65. The van der Waals surface area contributed by atoms with Crippen LogP contribution in [0.3, 0.4) is 0 Å². The van der Waals surface area contributed by atoms with E-state index in [1.807, 2.05) is 6.92 Å². The molecule has 0 aliphatic carbocycles. The Morgan fingerprint density at radius 1 is 1.35 bits per heavy atom.